The summed E-state index contributed by atoms with van der Waals surface area (Å²) < 4.78 is 4.65. The third-order valence-electron chi connectivity index (χ3n) is 1.22. The number of nitrogens with two attached hydrogens (primary N) is 1. The lowest BCUT2D eigenvalue weighted by atomic mass is 10.3. The lowest BCUT2D eigenvalue weighted by Crippen LogP contribution is -1.82. The van der Waals surface area contributed by atoms with Crippen molar-refractivity contribution in [3.63, 3.8) is 0 Å². The number of hydrogen-bond acceptors (Lipinski definition) is 5. The van der Waals surface area contributed by atoms with Gasteiger partial charge in [-0.2, -0.15) is 0 Å². The molecule has 0 saturated heterocycles. The van der Waals surface area contributed by atoms with Crippen LogP contribution in [0.15, 0.2) is 22.2 Å². The normalized spacial score (nSPS) is 10.2. The van der Waals surface area contributed by atoms with Crippen molar-refractivity contribution < 1.29 is 4.52 Å². The smallest absolute Gasteiger partial charge is 0.180 e. The first kappa shape index (κ1) is 6.36. The summed E-state index contributed by atoms with van der Waals surface area (Å²) in [5.41, 5.74) is 6.92. The van der Waals surface area contributed by atoms with Crippen molar-refractivity contribution >= 4 is 16.5 Å². The highest BCUT2D eigenvalue weighted by Gasteiger charge is 2.03. The standard InChI is InChI=1S/C6H5N3OS/c7-6-8-5(3-11-6)4-1-2-10-9-4/h1-3H,(H2,7,8). The SMILES string of the molecule is Nc1nc(-c2ccon2)cs1. The molecule has 2 rings (SSSR count). The van der Waals surface area contributed by atoms with E-state index in [2.05, 4.69) is 14.7 Å². The van der Waals surface area contributed by atoms with Crippen molar-refractivity contribution in [1.82, 2.24) is 10.1 Å². The Labute approximate surface area is 66.7 Å². The van der Waals surface area contributed by atoms with Crippen molar-refractivity contribution in [1.29, 1.82) is 0 Å². The first-order valence-corrected chi connectivity index (χ1v) is 3.86. The van der Waals surface area contributed by atoms with Crippen molar-refractivity contribution in [2.45, 2.75) is 0 Å². The molecule has 0 atom stereocenters. The van der Waals surface area contributed by atoms with E-state index in [0.29, 0.717) is 5.13 Å². The maximum Gasteiger partial charge on any atom is 0.180 e. The van der Waals surface area contributed by atoms with Crippen LogP contribution in [-0.4, -0.2) is 10.1 Å². The minimum absolute atomic E-state index is 0.544. The topological polar surface area (TPSA) is 64.9 Å². The quantitative estimate of drug-likeness (QED) is 0.696. The van der Waals surface area contributed by atoms with Crippen LogP contribution in [0.4, 0.5) is 5.13 Å². The lowest BCUT2D eigenvalue weighted by molar-refractivity contribution is 0.422. The summed E-state index contributed by atoms with van der Waals surface area (Å²) in [7, 11) is 0. The predicted octanol–water partition coefficient (Wildman–Crippen LogP) is 1.38. The van der Waals surface area contributed by atoms with E-state index >= 15 is 0 Å². The van der Waals surface area contributed by atoms with Gasteiger partial charge in [0.05, 0.1) is 0 Å². The van der Waals surface area contributed by atoms with E-state index < -0.39 is 0 Å². The van der Waals surface area contributed by atoms with Gasteiger partial charge in [-0.15, -0.1) is 11.3 Å². The summed E-state index contributed by atoms with van der Waals surface area (Å²) >= 11 is 1.39. The van der Waals surface area contributed by atoms with Gasteiger partial charge in [-0.25, -0.2) is 4.98 Å². The molecule has 0 fully saturated rings. The Morgan fingerprint density at radius 1 is 1.45 bits per heavy atom. The maximum atomic E-state index is 5.43. The van der Waals surface area contributed by atoms with E-state index in [1.165, 1.54) is 17.6 Å². The number of anilines is 1. The highest BCUT2D eigenvalue weighted by atomic mass is 32.1. The second-order valence-corrected chi connectivity index (χ2v) is 2.85. The van der Waals surface area contributed by atoms with Crippen LogP contribution in [0.2, 0.25) is 0 Å². The van der Waals surface area contributed by atoms with Crippen LogP contribution in [0.25, 0.3) is 11.4 Å². The lowest BCUT2D eigenvalue weighted by Gasteiger charge is -1.82. The number of nitrogen functional groups attached to an aromatic ring is 1. The fourth-order valence-corrected chi connectivity index (χ4v) is 1.31. The summed E-state index contributed by atoms with van der Waals surface area (Å²) in [5, 5.41) is 6.10. The zero-order chi connectivity index (χ0) is 7.68. The highest BCUT2D eigenvalue weighted by Crippen LogP contribution is 2.20. The fraction of sp³-hybridized carbons (Fsp3) is 0. The van der Waals surface area contributed by atoms with E-state index in [9.17, 15) is 0 Å². The largest absolute Gasteiger partial charge is 0.375 e. The number of hydrogen-bond donors (Lipinski definition) is 1. The van der Waals surface area contributed by atoms with Gasteiger partial charge in [-0.1, -0.05) is 5.16 Å². The van der Waals surface area contributed by atoms with Crippen molar-refractivity contribution in [3.05, 3.63) is 17.7 Å². The molecule has 5 heteroatoms. The third-order valence-corrected chi connectivity index (χ3v) is 1.90. The van der Waals surface area contributed by atoms with Gasteiger partial charge < -0.3 is 10.3 Å². The molecule has 0 saturated carbocycles. The molecule has 0 amide bonds. The van der Waals surface area contributed by atoms with Crippen LogP contribution in [0.1, 0.15) is 0 Å². The number of rotatable bonds is 1. The molecule has 2 heterocycles. The molecule has 0 radical (unpaired) electrons. The van der Waals surface area contributed by atoms with E-state index in [4.69, 9.17) is 5.73 Å². The molecular weight excluding hydrogens is 162 g/mol. The maximum absolute atomic E-state index is 5.43. The molecule has 0 aliphatic heterocycles. The summed E-state index contributed by atoms with van der Waals surface area (Å²) in [5.74, 6) is 0. The molecule has 0 spiro atoms. The Morgan fingerprint density at radius 2 is 2.36 bits per heavy atom. The van der Waals surface area contributed by atoms with Gasteiger partial charge >= 0.3 is 0 Å². The Balaban J connectivity index is 2.45. The van der Waals surface area contributed by atoms with Gasteiger partial charge in [0.2, 0.25) is 0 Å². The summed E-state index contributed by atoms with van der Waals surface area (Å²) in [4.78, 5) is 4.03. The van der Waals surface area contributed by atoms with E-state index in [1.807, 2.05) is 5.38 Å². The van der Waals surface area contributed by atoms with Crippen LogP contribution in [0.3, 0.4) is 0 Å². The Bertz CT molecular complexity index is 340. The molecule has 0 unspecified atom stereocenters. The fourth-order valence-electron chi connectivity index (χ4n) is 0.750. The van der Waals surface area contributed by atoms with Crippen molar-refractivity contribution in [2.24, 2.45) is 0 Å². The molecular formula is C6H5N3OS. The van der Waals surface area contributed by atoms with Crippen LogP contribution in [-0.2, 0) is 0 Å². The van der Waals surface area contributed by atoms with Gasteiger partial charge in [0, 0.05) is 11.4 Å². The molecule has 11 heavy (non-hydrogen) atoms. The first-order chi connectivity index (χ1) is 5.36. The minimum atomic E-state index is 0.544. The molecule has 2 N–H and O–H groups in total. The summed E-state index contributed by atoms with van der Waals surface area (Å²) in [6.07, 6.45) is 1.50. The summed E-state index contributed by atoms with van der Waals surface area (Å²) in [6, 6.07) is 1.74. The summed E-state index contributed by atoms with van der Waals surface area (Å²) in [6.45, 7) is 0. The molecule has 4 nitrogen and oxygen atoms in total. The van der Waals surface area contributed by atoms with E-state index in [-0.39, 0.29) is 0 Å². The molecule has 2 aromatic rings. The molecule has 0 bridgehead atoms. The Morgan fingerprint density at radius 3 is 2.91 bits per heavy atom. The number of nitrogens with zero attached hydrogens (tertiary/aromatic N) is 2. The van der Waals surface area contributed by atoms with Crippen LogP contribution >= 0.6 is 11.3 Å². The third kappa shape index (κ3) is 1.10. The molecule has 56 valence electrons. The van der Waals surface area contributed by atoms with Crippen LogP contribution < -0.4 is 5.73 Å². The van der Waals surface area contributed by atoms with Crippen molar-refractivity contribution in [3.8, 4) is 11.4 Å². The van der Waals surface area contributed by atoms with E-state index in [1.54, 1.807) is 6.07 Å². The van der Waals surface area contributed by atoms with Gasteiger partial charge in [0.15, 0.2) is 5.13 Å². The monoisotopic (exact) mass is 167 g/mol. The number of thiazole rings is 1. The van der Waals surface area contributed by atoms with Gasteiger partial charge in [-0.3, -0.25) is 0 Å². The highest BCUT2D eigenvalue weighted by molar-refractivity contribution is 7.13. The van der Waals surface area contributed by atoms with E-state index in [0.717, 1.165) is 11.4 Å². The number of aromatic nitrogens is 2. The second kappa shape index (κ2) is 2.35. The zero-order valence-electron chi connectivity index (χ0n) is 5.52. The van der Waals surface area contributed by atoms with Crippen LogP contribution in [0, 0.1) is 0 Å². The van der Waals surface area contributed by atoms with Crippen LogP contribution in [0.5, 0.6) is 0 Å². The van der Waals surface area contributed by atoms with Gasteiger partial charge in [-0.05, 0) is 0 Å². The minimum Gasteiger partial charge on any atom is -0.375 e. The first-order valence-electron chi connectivity index (χ1n) is 2.98. The second-order valence-electron chi connectivity index (χ2n) is 1.96. The molecule has 0 aliphatic rings. The van der Waals surface area contributed by atoms with Crippen molar-refractivity contribution in [2.75, 3.05) is 5.73 Å². The zero-order valence-corrected chi connectivity index (χ0v) is 6.34. The van der Waals surface area contributed by atoms with Gasteiger partial charge in [0.25, 0.3) is 0 Å². The average Bonchev–Trinajstić information content (AvgIpc) is 2.55. The predicted molar refractivity (Wildman–Crippen MR) is 42.0 cm³/mol. The Hall–Kier alpha value is -1.36. The Kier molecular flexibility index (Phi) is 1.36. The molecule has 2 aromatic heterocycles. The molecule has 0 aliphatic carbocycles. The molecule has 0 aromatic carbocycles. The van der Waals surface area contributed by atoms with Gasteiger partial charge in [0.1, 0.15) is 17.7 Å². The average molecular weight is 167 g/mol.